The van der Waals surface area contributed by atoms with E-state index in [-0.39, 0.29) is 6.10 Å². The maximum absolute atomic E-state index is 9.97. The van der Waals surface area contributed by atoms with Crippen molar-refractivity contribution in [3.63, 3.8) is 0 Å². The molecule has 90 valence electrons. The van der Waals surface area contributed by atoms with Gasteiger partial charge >= 0.3 is 0 Å². The van der Waals surface area contributed by atoms with E-state index >= 15 is 0 Å². The molecule has 0 saturated carbocycles. The van der Waals surface area contributed by atoms with E-state index in [1.165, 1.54) is 10.4 Å². The number of pyridine rings is 1. The first-order valence-corrected chi connectivity index (χ1v) is 7.22. The fourth-order valence-corrected chi connectivity index (χ4v) is 3.25. The Morgan fingerprint density at radius 1 is 1.41 bits per heavy atom. The Balaban J connectivity index is 1.82. The highest BCUT2D eigenvalue weighted by Gasteiger charge is 2.09. The molecule has 0 aliphatic heterocycles. The lowest BCUT2D eigenvalue weighted by molar-refractivity contribution is 0.166. The standard InChI is InChI=1S/C13H14BrNOS/c14-12-5-7-17-13(12)8-11(16)4-3-10-2-1-6-15-9-10/h1-2,5-7,9,11,16H,3-4,8H2. The highest BCUT2D eigenvalue weighted by Crippen LogP contribution is 2.24. The molecule has 0 aliphatic rings. The number of aliphatic hydroxyl groups excluding tert-OH is 1. The maximum Gasteiger partial charge on any atom is 0.0592 e. The highest BCUT2D eigenvalue weighted by molar-refractivity contribution is 9.10. The number of nitrogens with zero attached hydrogens (tertiary/aromatic N) is 1. The van der Waals surface area contributed by atoms with Crippen molar-refractivity contribution >= 4 is 27.3 Å². The molecule has 0 aromatic carbocycles. The van der Waals surface area contributed by atoms with Gasteiger partial charge in [-0.2, -0.15) is 0 Å². The largest absolute Gasteiger partial charge is 0.393 e. The Hall–Kier alpha value is -0.710. The molecule has 0 radical (unpaired) electrons. The van der Waals surface area contributed by atoms with Gasteiger partial charge in [-0.3, -0.25) is 4.98 Å². The number of aliphatic hydroxyl groups is 1. The van der Waals surface area contributed by atoms with Crippen LogP contribution in [-0.4, -0.2) is 16.2 Å². The molecule has 2 rings (SSSR count). The van der Waals surface area contributed by atoms with Crippen LogP contribution in [-0.2, 0) is 12.8 Å². The topological polar surface area (TPSA) is 33.1 Å². The molecule has 1 atom stereocenters. The van der Waals surface area contributed by atoms with E-state index in [4.69, 9.17) is 0 Å². The lowest BCUT2D eigenvalue weighted by atomic mass is 10.1. The second-order valence-corrected chi connectivity index (χ2v) is 5.80. The van der Waals surface area contributed by atoms with Gasteiger partial charge in [-0.25, -0.2) is 0 Å². The average Bonchev–Trinajstić information content (AvgIpc) is 2.74. The minimum atomic E-state index is -0.287. The molecule has 2 nitrogen and oxygen atoms in total. The Kier molecular flexibility index (Phi) is 4.71. The number of aromatic nitrogens is 1. The molecular weight excluding hydrogens is 298 g/mol. The lowest BCUT2D eigenvalue weighted by Crippen LogP contribution is -2.11. The van der Waals surface area contributed by atoms with Crippen molar-refractivity contribution in [3.8, 4) is 0 Å². The van der Waals surface area contributed by atoms with Crippen LogP contribution in [0.4, 0.5) is 0 Å². The summed E-state index contributed by atoms with van der Waals surface area (Å²) in [7, 11) is 0. The summed E-state index contributed by atoms with van der Waals surface area (Å²) in [6.07, 6.45) is 5.70. The summed E-state index contributed by atoms with van der Waals surface area (Å²) >= 11 is 5.16. The van der Waals surface area contributed by atoms with E-state index in [0.29, 0.717) is 0 Å². The van der Waals surface area contributed by atoms with Gasteiger partial charge in [-0.1, -0.05) is 6.07 Å². The number of thiophene rings is 1. The maximum atomic E-state index is 9.97. The molecule has 0 amide bonds. The van der Waals surface area contributed by atoms with Crippen LogP contribution in [0.3, 0.4) is 0 Å². The van der Waals surface area contributed by atoms with Crippen LogP contribution in [0.5, 0.6) is 0 Å². The first kappa shape index (κ1) is 12.7. The first-order chi connectivity index (χ1) is 8.25. The summed E-state index contributed by atoms with van der Waals surface area (Å²) in [6.45, 7) is 0. The summed E-state index contributed by atoms with van der Waals surface area (Å²) in [5, 5.41) is 12.0. The molecule has 2 aromatic heterocycles. The minimum Gasteiger partial charge on any atom is -0.393 e. The second-order valence-electron chi connectivity index (χ2n) is 3.95. The Morgan fingerprint density at radius 2 is 2.29 bits per heavy atom. The number of rotatable bonds is 5. The van der Waals surface area contributed by atoms with Gasteiger partial charge in [-0.15, -0.1) is 11.3 Å². The Morgan fingerprint density at radius 3 is 2.94 bits per heavy atom. The number of aryl methyl sites for hydroxylation is 1. The summed E-state index contributed by atoms with van der Waals surface area (Å²) in [6, 6.07) is 5.99. The fourth-order valence-electron chi connectivity index (χ4n) is 1.67. The van der Waals surface area contributed by atoms with Crippen LogP contribution in [0.25, 0.3) is 0 Å². The van der Waals surface area contributed by atoms with Crippen molar-refractivity contribution in [2.45, 2.75) is 25.4 Å². The highest BCUT2D eigenvalue weighted by atomic mass is 79.9. The third-order valence-electron chi connectivity index (χ3n) is 2.60. The summed E-state index contributed by atoms with van der Waals surface area (Å²) < 4.78 is 1.10. The minimum absolute atomic E-state index is 0.287. The third-order valence-corrected chi connectivity index (χ3v) is 4.55. The third kappa shape index (κ3) is 3.91. The predicted octanol–water partition coefficient (Wildman–Crippen LogP) is 3.44. The van der Waals surface area contributed by atoms with Crippen LogP contribution < -0.4 is 0 Å². The molecule has 1 unspecified atom stereocenters. The van der Waals surface area contributed by atoms with Crippen LogP contribution in [0.15, 0.2) is 40.4 Å². The molecule has 0 saturated heterocycles. The monoisotopic (exact) mass is 311 g/mol. The van der Waals surface area contributed by atoms with E-state index in [2.05, 4.69) is 20.9 Å². The molecular formula is C13H14BrNOS. The Labute approximate surface area is 113 Å². The zero-order valence-electron chi connectivity index (χ0n) is 9.34. The Bertz CT molecular complexity index is 457. The van der Waals surface area contributed by atoms with Crippen molar-refractivity contribution < 1.29 is 5.11 Å². The number of hydrogen-bond donors (Lipinski definition) is 1. The second kappa shape index (κ2) is 6.28. The summed E-state index contributed by atoms with van der Waals surface area (Å²) in [5.41, 5.74) is 1.18. The summed E-state index contributed by atoms with van der Waals surface area (Å²) in [4.78, 5) is 5.28. The van der Waals surface area contributed by atoms with Gasteiger partial charge in [0.15, 0.2) is 0 Å². The molecule has 2 aromatic rings. The first-order valence-electron chi connectivity index (χ1n) is 5.54. The van der Waals surface area contributed by atoms with Gasteiger partial charge in [0.2, 0.25) is 0 Å². The molecule has 2 heterocycles. The zero-order valence-corrected chi connectivity index (χ0v) is 11.7. The lowest BCUT2D eigenvalue weighted by Gasteiger charge is -2.09. The van der Waals surface area contributed by atoms with Gasteiger partial charge < -0.3 is 5.11 Å². The van der Waals surface area contributed by atoms with Gasteiger partial charge in [0.25, 0.3) is 0 Å². The molecule has 17 heavy (non-hydrogen) atoms. The van der Waals surface area contributed by atoms with E-state index in [1.807, 2.05) is 29.8 Å². The van der Waals surface area contributed by atoms with Crippen molar-refractivity contribution in [2.24, 2.45) is 0 Å². The van der Waals surface area contributed by atoms with Gasteiger partial charge in [-0.05, 0) is 51.8 Å². The predicted molar refractivity (Wildman–Crippen MR) is 74.3 cm³/mol. The van der Waals surface area contributed by atoms with E-state index < -0.39 is 0 Å². The van der Waals surface area contributed by atoms with Gasteiger partial charge in [0, 0.05) is 28.2 Å². The van der Waals surface area contributed by atoms with E-state index in [1.54, 1.807) is 17.5 Å². The van der Waals surface area contributed by atoms with Gasteiger partial charge in [0.1, 0.15) is 0 Å². The number of hydrogen-bond acceptors (Lipinski definition) is 3. The molecule has 0 spiro atoms. The quantitative estimate of drug-likeness (QED) is 0.917. The molecule has 0 aliphatic carbocycles. The smallest absolute Gasteiger partial charge is 0.0592 e. The van der Waals surface area contributed by atoms with Crippen molar-refractivity contribution in [3.05, 3.63) is 50.9 Å². The SMILES string of the molecule is OC(CCc1cccnc1)Cc1sccc1Br. The summed E-state index contributed by atoms with van der Waals surface area (Å²) in [5.74, 6) is 0. The normalized spacial score (nSPS) is 12.6. The zero-order chi connectivity index (χ0) is 12.1. The molecule has 0 fully saturated rings. The molecule has 1 N–H and O–H groups in total. The van der Waals surface area contributed by atoms with Crippen LogP contribution in [0.2, 0.25) is 0 Å². The van der Waals surface area contributed by atoms with Crippen LogP contribution in [0, 0.1) is 0 Å². The molecule has 4 heteroatoms. The van der Waals surface area contributed by atoms with Crippen molar-refractivity contribution in [1.29, 1.82) is 0 Å². The average molecular weight is 312 g/mol. The fraction of sp³-hybridized carbons (Fsp3) is 0.308. The van der Waals surface area contributed by atoms with Crippen LogP contribution >= 0.6 is 27.3 Å². The number of halogens is 1. The van der Waals surface area contributed by atoms with E-state index in [9.17, 15) is 5.11 Å². The molecule has 0 bridgehead atoms. The van der Waals surface area contributed by atoms with Gasteiger partial charge in [0.05, 0.1) is 6.10 Å². The van der Waals surface area contributed by atoms with Crippen molar-refractivity contribution in [2.75, 3.05) is 0 Å². The van der Waals surface area contributed by atoms with E-state index in [0.717, 1.165) is 23.7 Å². The van der Waals surface area contributed by atoms with Crippen molar-refractivity contribution in [1.82, 2.24) is 4.98 Å². The van der Waals surface area contributed by atoms with Crippen LogP contribution in [0.1, 0.15) is 16.9 Å².